The molecule has 0 aromatic carbocycles. The van der Waals surface area contributed by atoms with Gasteiger partial charge >= 0.3 is 0 Å². The van der Waals surface area contributed by atoms with E-state index in [1.165, 1.54) is 0 Å². The predicted molar refractivity (Wildman–Crippen MR) is 61.8 cm³/mol. The van der Waals surface area contributed by atoms with Gasteiger partial charge in [0, 0.05) is 33.4 Å². The molecule has 0 bridgehead atoms. The van der Waals surface area contributed by atoms with Gasteiger partial charge in [0.2, 0.25) is 0 Å². The van der Waals surface area contributed by atoms with Gasteiger partial charge < -0.3 is 20.1 Å². The highest BCUT2D eigenvalue weighted by molar-refractivity contribution is 4.87. The van der Waals surface area contributed by atoms with Crippen molar-refractivity contribution in [1.29, 1.82) is 0 Å². The van der Waals surface area contributed by atoms with Crippen molar-refractivity contribution in [2.24, 2.45) is 0 Å². The van der Waals surface area contributed by atoms with Crippen LogP contribution < -0.4 is 10.6 Å². The lowest BCUT2D eigenvalue weighted by atomic mass is 10.3. The molecular formula is C11H22N2O2. The molecule has 0 aromatic heterocycles. The Morgan fingerprint density at radius 2 is 2.07 bits per heavy atom. The summed E-state index contributed by atoms with van der Waals surface area (Å²) in [5.41, 5.74) is 0. The maximum Gasteiger partial charge on any atom is 0.0928 e. The third-order valence-corrected chi connectivity index (χ3v) is 2.06. The van der Waals surface area contributed by atoms with Crippen molar-refractivity contribution in [3.63, 3.8) is 0 Å². The summed E-state index contributed by atoms with van der Waals surface area (Å²) < 4.78 is 10.2. The zero-order valence-corrected chi connectivity index (χ0v) is 9.88. The van der Waals surface area contributed by atoms with E-state index in [1.807, 2.05) is 0 Å². The van der Waals surface area contributed by atoms with E-state index in [9.17, 15) is 0 Å². The van der Waals surface area contributed by atoms with Gasteiger partial charge in [0.1, 0.15) is 0 Å². The quantitative estimate of drug-likeness (QED) is 0.414. The fourth-order valence-electron chi connectivity index (χ4n) is 1.16. The highest BCUT2D eigenvalue weighted by Crippen LogP contribution is 1.90. The molecule has 0 amide bonds. The Bertz CT molecular complexity index is 180. The van der Waals surface area contributed by atoms with Crippen LogP contribution in [0.25, 0.3) is 0 Å². The molecule has 4 heteroatoms. The first-order chi connectivity index (χ1) is 7.24. The summed E-state index contributed by atoms with van der Waals surface area (Å²) >= 11 is 0. The van der Waals surface area contributed by atoms with Crippen LogP contribution in [0.4, 0.5) is 0 Å². The molecule has 2 unspecified atom stereocenters. The fourth-order valence-corrected chi connectivity index (χ4v) is 1.16. The Hall–Kier alpha value is -0.600. The molecule has 0 fully saturated rings. The number of nitrogens with one attached hydrogen (secondary N) is 2. The molecule has 0 heterocycles. The number of ether oxygens (including phenoxy) is 2. The topological polar surface area (TPSA) is 42.5 Å². The van der Waals surface area contributed by atoms with Gasteiger partial charge in [0.05, 0.1) is 19.3 Å². The predicted octanol–water partition coefficient (Wildman–Crippen LogP) is -0.151. The Labute approximate surface area is 92.7 Å². The van der Waals surface area contributed by atoms with Crippen LogP contribution in [0.5, 0.6) is 0 Å². The van der Waals surface area contributed by atoms with Crippen molar-refractivity contribution < 1.29 is 9.47 Å². The molecule has 4 nitrogen and oxygen atoms in total. The Balaban J connectivity index is 3.50. The van der Waals surface area contributed by atoms with E-state index in [4.69, 9.17) is 15.9 Å². The molecule has 2 atom stereocenters. The van der Waals surface area contributed by atoms with Crippen LogP contribution in [0, 0.1) is 12.3 Å². The second-order valence-electron chi connectivity index (χ2n) is 3.46. The van der Waals surface area contributed by atoms with Gasteiger partial charge in [-0.25, -0.2) is 0 Å². The zero-order valence-electron chi connectivity index (χ0n) is 9.88. The summed E-state index contributed by atoms with van der Waals surface area (Å²) in [6.45, 7) is 4.95. The van der Waals surface area contributed by atoms with Crippen LogP contribution in [0.15, 0.2) is 0 Å². The minimum Gasteiger partial charge on any atom is -0.382 e. The minimum absolute atomic E-state index is 0.102. The summed E-state index contributed by atoms with van der Waals surface area (Å²) in [4.78, 5) is 0. The van der Waals surface area contributed by atoms with Gasteiger partial charge in [-0.3, -0.25) is 0 Å². The Morgan fingerprint density at radius 1 is 1.33 bits per heavy atom. The van der Waals surface area contributed by atoms with E-state index < -0.39 is 0 Å². The standard InChI is InChI=1S/C11H22N2O2/c1-5-6-12-7-10(2)13-8-11(15-4)9-14-3/h1,10-13H,6-9H2,2-4H3. The molecule has 0 spiro atoms. The first-order valence-electron chi connectivity index (χ1n) is 5.13. The molecule has 0 rings (SSSR count). The first-order valence-corrected chi connectivity index (χ1v) is 5.13. The number of methoxy groups -OCH3 is 2. The summed E-state index contributed by atoms with van der Waals surface area (Å²) in [7, 11) is 3.36. The van der Waals surface area contributed by atoms with Crippen molar-refractivity contribution in [2.45, 2.75) is 19.1 Å². The summed E-state index contributed by atoms with van der Waals surface area (Å²) in [5, 5.41) is 6.48. The van der Waals surface area contributed by atoms with Gasteiger partial charge in [-0.05, 0) is 6.92 Å². The largest absolute Gasteiger partial charge is 0.382 e. The van der Waals surface area contributed by atoms with Crippen molar-refractivity contribution in [1.82, 2.24) is 10.6 Å². The number of hydrogen-bond acceptors (Lipinski definition) is 4. The lowest BCUT2D eigenvalue weighted by Crippen LogP contribution is -2.41. The summed E-state index contributed by atoms with van der Waals surface area (Å²) in [5.74, 6) is 2.54. The molecule has 88 valence electrons. The van der Waals surface area contributed by atoms with Crippen LogP contribution in [-0.2, 0) is 9.47 Å². The van der Waals surface area contributed by atoms with E-state index in [2.05, 4.69) is 23.5 Å². The van der Waals surface area contributed by atoms with Gasteiger partial charge in [0.25, 0.3) is 0 Å². The Kier molecular flexibility index (Phi) is 9.54. The van der Waals surface area contributed by atoms with Crippen molar-refractivity contribution >= 4 is 0 Å². The monoisotopic (exact) mass is 214 g/mol. The molecule has 0 radical (unpaired) electrons. The zero-order chi connectivity index (χ0) is 11.5. The molecule has 2 N–H and O–H groups in total. The van der Waals surface area contributed by atoms with Crippen LogP contribution in [0.1, 0.15) is 6.92 Å². The second kappa shape index (κ2) is 9.94. The van der Waals surface area contributed by atoms with Crippen molar-refractivity contribution in [2.75, 3.05) is 40.5 Å². The van der Waals surface area contributed by atoms with Gasteiger partial charge in [-0.15, -0.1) is 6.42 Å². The molecule has 0 aliphatic heterocycles. The van der Waals surface area contributed by atoms with Gasteiger partial charge in [-0.1, -0.05) is 5.92 Å². The van der Waals surface area contributed by atoms with Crippen molar-refractivity contribution in [3.8, 4) is 12.3 Å². The van der Waals surface area contributed by atoms with Crippen LogP contribution in [0.2, 0.25) is 0 Å². The number of rotatable bonds is 9. The smallest absolute Gasteiger partial charge is 0.0928 e. The molecule has 0 aromatic rings. The SMILES string of the molecule is C#CCNCC(C)NCC(COC)OC. The summed E-state index contributed by atoms with van der Waals surface area (Å²) in [6.07, 6.45) is 5.23. The van der Waals surface area contributed by atoms with Crippen LogP contribution in [-0.4, -0.2) is 52.6 Å². The third kappa shape index (κ3) is 8.40. The van der Waals surface area contributed by atoms with Gasteiger partial charge in [0.15, 0.2) is 0 Å². The molecule has 15 heavy (non-hydrogen) atoms. The lowest BCUT2D eigenvalue weighted by Gasteiger charge is -2.19. The number of hydrogen-bond donors (Lipinski definition) is 2. The normalized spacial score (nSPS) is 14.5. The third-order valence-electron chi connectivity index (χ3n) is 2.06. The van der Waals surface area contributed by atoms with E-state index in [0.717, 1.165) is 13.1 Å². The molecule has 0 saturated heterocycles. The van der Waals surface area contributed by atoms with E-state index in [1.54, 1.807) is 14.2 Å². The summed E-state index contributed by atoms with van der Waals surface area (Å²) in [6, 6.07) is 0.368. The second-order valence-corrected chi connectivity index (χ2v) is 3.46. The van der Waals surface area contributed by atoms with Crippen LogP contribution >= 0.6 is 0 Å². The average molecular weight is 214 g/mol. The van der Waals surface area contributed by atoms with Crippen LogP contribution in [0.3, 0.4) is 0 Å². The lowest BCUT2D eigenvalue weighted by molar-refractivity contribution is 0.0277. The van der Waals surface area contributed by atoms with Gasteiger partial charge in [-0.2, -0.15) is 0 Å². The highest BCUT2D eigenvalue weighted by atomic mass is 16.5. The molecule has 0 saturated carbocycles. The van der Waals surface area contributed by atoms with Crippen molar-refractivity contribution in [3.05, 3.63) is 0 Å². The fraction of sp³-hybridized carbons (Fsp3) is 0.818. The molecular weight excluding hydrogens is 192 g/mol. The maximum atomic E-state index is 5.23. The number of terminal acetylenes is 1. The molecule has 0 aliphatic carbocycles. The minimum atomic E-state index is 0.102. The molecule has 0 aliphatic rings. The highest BCUT2D eigenvalue weighted by Gasteiger charge is 2.08. The first kappa shape index (κ1) is 14.4. The van der Waals surface area contributed by atoms with E-state index in [0.29, 0.717) is 19.2 Å². The maximum absolute atomic E-state index is 5.23. The van der Waals surface area contributed by atoms with E-state index >= 15 is 0 Å². The average Bonchev–Trinajstić information content (AvgIpc) is 2.24. The van der Waals surface area contributed by atoms with E-state index in [-0.39, 0.29) is 6.10 Å². The Morgan fingerprint density at radius 3 is 2.60 bits per heavy atom.